The molecule has 0 bridgehead atoms. The number of sulfonamides is 1. The second kappa shape index (κ2) is 5.27. The molecule has 0 heterocycles. The molecule has 20 heavy (non-hydrogen) atoms. The molecule has 1 saturated carbocycles. The second-order valence-corrected chi connectivity index (χ2v) is 7.06. The van der Waals surface area contributed by atoms with Gasteiger partial charge in [-0.1, -0.05) is 0 Å². The minimum atomic E-state index is -4.07. The molecule has 8 heteroatoms. The molecule has 1 aliphatic rings. The van der Waals surface area contributed by atoms with Crippen molar-refractivity contribution in [1.82, 2.24) is 4.31 Å². The summed E-state index contributed by atoms with van der Waals surface area (Å²) in [6, 6.07) is 1.69. The Morgan fingerprint density at radius 1 is 1.40 bits per heavy atom. The van der Waals surface area contributed by atoms with Crippen molar-refractivity contribution >= 4 is 15.7 Å². The van der Waals surface area contributed by atoms with Gasteiger partial charge in [-0.05, 0) is 30.9 Å². The van der Waals surface area contributed by atoms with Gasteiger partial charge in [-0.25, -0.2) is 21.5 Å². The van der Waals surface area contributed by atoms with Gasteiger partial charge >= 0.3 is 0 Å². The van der Waals surface area contributed by atoms with Gasteiger partial charge in [-0.2, -0.15) is 0 Å². The number of anilines is 1. The van der Waals surface area contributed by atoms with Crippen molar-refractivity contribution in [3.05, 3.63) is 23.8 Å². The SMILES string of the molecule is CN(CC1CC(O)C1)S(=O)(=O)c1ccc(F)c(N)c1F. The van der Waals surface area contributed by atoms with Gasteiger partial charge in [0, 0.05) is 13.6 Å². The first-order chi connectivity index (χ1) is 9.23. The highest BCUT2D eigenvalue weighted by Gasteiger charge is 2.33. The Bertz CT molecular complexity index is 615. The molecule has 1 aromatic rings. The van der Waals surface area contributed by atoms with Crippen LogP contribution in [-0.4, -0.2) is 37.5 Å². The van der Waals surface area contributed by atoms with Gasteiger partial charge in [0.05, 0.1) is 6.10 Å². The predicted molar refractivity (Wildman–Crippen MR) is 69.3 cm³/mol. The molecule has 0 unspecified atom stereocenters. The van der Waals surface area contributed by atoms with Gasteiger partial charge in [0.2, 0.25) is 10.0 Å². The van der Waals surface area contributed by atoms with Crippen LogP contribution in [0.2, 0.25) is 0 Å². The summed E-state index contributed by atoms with van der Waals surface area (Å²) >= 11 is 0. The highest BCUT2D eigenvalue weighted by Crippen LogP contribution is 2.30. The van der Waals surface area contributed by atoms with Crippen LogP contribution in [0.25, 0.3) is 0 Å². The summed E-state index contributed by atoms with van der Waals surface area (Å²) in [7, 11) is -2.75. The molecule has 1 aliphatic carbocycles. The van der Waals surface area contributed by atoms with Crippen molar-refractivity contribution in [2.75, 3.05) is 19.3 Å². The van der Waals surface area contributed by atoms with Crippen LogP contribution >= 0.6 is 0 Å². The third kappa shape index (κ3) is 2.63. The first-order valence-corrected chi connectivity index (χ1v) is 7.55. The molecule has 0 spiro atoms. The van der Waals surface area contributed by atoms with Crippen LogP contribution in [0.15, 0.2) is 17.0 Å². The molecule has 0 aliphatic heterocycles. The van der Waals surface area contributed by atoms with Gasteiger partial charge in [0.25, 0.3) is 0 Å². The van der Waals surface area contributed by atoms with E-state index in [2.05, 4.69) is 0 Å². The zero-order valence-corrected chi connectivity index (χ0v) is 11.7. The van der Waals surface area contributed by atoms with Gasteiger partial charge in [0.15, 0.2) is 5.82 Å². The van der Waals surface area contributed by atoms with Crippen LogP contribution < -0.4 is 5.73 Å². The minimum Gasteiger partial charge on any atom is -0.394 e. The summed E-state index contributed by atoms with van der Waals surface area (Å²) in [5, 5.41) is 9.18. The van der Waals surface area contributed by atoms with Crippen molar-refractivity contribution in [1.29, 1.82) is 0 Å². The molecule has 0 amide bonds. The van der Waals surface area contributed by atoms with E-state index in [0.29, 0.717) is 12.8 Å². The van der Waals surface area contributed by atoms with Crippen LogP contribution in [0.5, 0.6) is 0 Å². The average molecular weight is 306 g/mol. The largest absolute Gasteiger partial charge is 0.394 e. The number of nitrogens with two attached hydrogens (primary N) is 1. The number of aliphatic hydroxyl groups excluding tert-OH is 1. The van der Waals surface area contributed by atoms with E-state index in [-0.39, 0.29) is 12.5 Å². The summed E-state index contributed by atoms with van der Waals surface area (Å²) in [5.41, 5.74) is 4.36. The zero-order chi connectivity index (χ0) is 15.1. The monoisotopic (exact) mass is 306 g/mol. The number of aliphatic hydroxyl groups is 1. The molecule has 0 saturated heterocycles. The third-order valence-electron chi connectivity index (χ3n) is 3.51. The van der Waals surface area contributed by atoms with E-state index in [1.807, 2.05) is 0 Å². The Kier molecular flexibility index (Phi) is 3.99. The van der Waals surface area contributed by atoms with Crippen LogP contribution in [0, 0.1) is 17.6 Å². The molecular weight excluding hydrogens is 290 g/mol. The van der Waals surface area contributed by atoms with E-state index < -0.39 is 38.3 Å². The van der Waals surface area contributed by atoms with Crippen LogP contribution in [0.3, 0.4) is 0 Å². The molecule has 3 N–H and O–H groups in total. The first kappa shape index (κ1) is 15.1. The van der Waals surface area contributed by atoms with E-state index in [1.165, 1.54) is 7.05 Å². The number of rotatable bonds is 4. The highest BCUT2D eigenvalue weighted by molar-refractivity contribution is 7.89. The van der Waals surface area contributed by atoms with E-state index in [4.69, 9.17) is 5.73 Å². The number of halogens is 2. The van der Waals surface area contributed by atoms with Crippen molar-refractivity contribution in [2.45, 2.75) is 23.8 Å². The number of hydrogen-bond acceptors (Lipinski definition) is 4. The summed E-state index contributed by atoms with van der Waals surface area (Å²) in [4.78, 5) is -0.640. The maximum absolute atomic E-state index is 13.8. The minimum absolute atomic E-state index is 0.0469. The van der Waals surface area contributed by atoms with E-state index in [0.717, 1.165) is 16.4 Å². The van der Waals surface area contributed by atoms with Crippen molar-refractivity contribution < 1.29 is 22.3 Å². The lowest BCUT2D eigenvalue weighted by atomic mass is 9.82. The van der Waals surface area contributed by atoms with E-state index in [1.54, 1.807) is 0 Å². The fourth-order valence-electron chi connectivity index (χ4n) is 2.23. The lowest BCUT2D eigenvalue weighted by Crippen LogP contribution is -2.39. The van der Waals surface area contributed by atoms with Crippen molar-refractivity contribution in [3.63, 3.8) is 0 Å². The second-order valence-electron chi connectivity index (χ2n) is 5.05. The summed E-state index contributed by atoms with van der Waals surface area (Å²) < 4.78 is 52.3. The topological polar surface area (TPSA) is 83.6 Å². The Balaban J connectivity index is 2.24. The maximum atomic E-state index is 13.8. The number of hydrogen-bond donors (Lipinski definition) is 2. The molecule has 5 nitrogen and oxygen atoms in total. The Hall–Kier alpha value is -1.25. The van der Waals surface area contributed by atoms with Gasteiger partial charge in [0.1, 0.15) is 16.4 Å². The van der Waals surface area contributed by atoms with Crippen LogP contribution in [-0.2, 0) is 10.0 Å². The normalized spacial score (nSPS) is 22.9. The smallest absolute Gasteiger partial charge is 0.245 e. The fraction of sp³-hybridized carbons (Fsp3) is 0.500. The van der Waals surface area contributed by atoms with Crippen molar-refractivity contribution in [3.8, 4) is 0 Å². The molecule has 0 radical (unpaired) electrons. The zero-order valence-electron chi connectivity index (χ0n) is 10.9. The summed E-state index contributed by atoms with van der Waals surface area (Å²) in [6.45, 7) is 0.177. The van der Waals surface area contributed by atoms with Gasteiger partial charge in [-0.3, -0.25) is 0 Å². The molecule has 1 aromatic carbocycles. The lowest BCUT2D eigenvalue weighted by Gasteiger charge is -2.34. The van der Waals surface area contributed by atoms with Crippen LogP contribution in [0.1, 0.15) is 12.8 Å². The maximum Gasteiger partial charge on any atom is 0.245 e. The first-order valence-electron chi connectivity index (χ1n) is 6.11. The summed E-state index contributed by atoms with van der Waals surface area (Å²) in [5.74, 6) is -2.22. The summed E-state index contributed by atoms with van der Waals surface area (Å²) in [6.07, 6.45) is 0.649. The van der Waals surface area contributed by atoms with E-state index >= 15 is 0 Å². The molecule has 0 aromatic heterocycles. The molecule has 2 rings (SSSR count). The standard InChI is InChI=1S/C12H16F2N2O3S/c1-16(6-7-4-8(17)5-7)20(18,19)10-3-2-9(13)12(15)11(10)14/h2-3,7-8,17H,4-6,15H2,1H3. The van der Waals surface area contributed by atoms with E-state index in [9.17, 15) is 22.3 Å². The predicted octanol–water partition coefficient (Wildman–Crippen LogP) is 0.938. The van der Waals surface area contributed by atoms with Crippen LogP contribution in [0.4, 0.5) is 14.5 Å². The fourth-order valence-corrected chi connectivity index (χ4v) is 3.55. The Morgan fingerprint density at radius 2 is 2.00 bits per heavy atom. The molecule has 1 fully saturated rings. The molecule has 0 atom stereocenters. The van der Waals surface area contributed by atoms with Crippen molar-refractivity contribution in [2.24, 2.45) is 5.92 Å². The Labute approximate surface area is 116 Å². The number of nitrogens with zero attached hydrogens (tertiary/aromatic N) is 1. The third-order valence-corrected chi connectivity index (χ3v) is 5.35. The lowest BCUT2D eigenvalue weighted by molar-refractivity contribution is 0.0367. The highest BCUT2D eigenvalue weighted by atomic mass is 32.2. The quantitative estimate of drug-likeness (QED) is 0.811. The number of benzene rings is 1. The van der Waals surface area contributed by atoms with Gasteiger partial charge in [-0.15, -0.1) is 0 Å². The Morgan fingerprint density at radius 3 is 2.55 bits per heavy atom. The molecular formula is C12H16F2N2O3S. The van der Waals surface area contributed by atoms with Gasteiger partial charge < -0.3 is 10.8 Å². The number of nitrogen functional groups attached to an aromatic ring is 1. The molecule has 112 valence electrons. The average Bonchev–Trinajstić information content (AvgIpc) is 2.33.